The number of sulfonamides is 1. The molecule has 0 aliphatic rings. The average molecular weight is 431 g/mol. The van der Waals surface area contributed by atoms with Gasteiger partial charge in [0.05, 0.1) is 29.3 Å². The van der Waals surface area contributed by atoms with E-state index < -0.39 is 22.0 Å². The SMILES string of the molecule is CCOc1ccccc1NC(=O)C(C)N(c1cc(Cl)ccc1Cl)S(C)(=O)=O. The summed E-state index contributed by atoms with van der Waals surface area (Å²) in [4.78, 5) is 12.8. The highest BCUT2D eigenvalue weighted by atomic mass is 35.5. The maximum atomic E-state index is 12.8. The molecular weight excluding hydrogens is 411 g/mol. The number of anilines is 2. The summed E-state index contributed by atoms with van der Waals surface area (Å²) < 4.78 is 31.2. The maximum Gasteiger partial charge on any atom is 0.248 e. The molecule has 2 aromatic carbocycles. The highest BCUT2D eigenvalue weighted by Crippen LogP contribution is 2.33. The van der Waals surface area contributed by atoms with Crippen LogP contribution in [0.4, 0.5) is 11.4 Å². The van der Waals surface area contributed by atoms with Crippen molar-refractivity contribution in [2.24, 2.45) is 0 Å². The van der Waals surface area contributed by atoms with E-state index in [1.165, 1.54) is 25.1 Å². The van der Waals surface area contributed by atoms with Crippen molar-refractivity contribution >= 4 is 50.5 Å². The van der Waals surface area contributed by atoms with Crippen LogP contribution in [0.1, 0.15) is 13.8 Å². The zero-order valence-electron chi connectivity index (χ0n) is 15.1. The summed E-state index contributed by atoms with van der Waals surface area (Å²) in [7, 11) is -3.82. The van der Waals surface area contributed by atoms with Gasteiger partial charge in [-0.1, -0.05) is 35.3 Å². The van der Waals surface area contributed by atoms with Gasteiger partial charge in [0.2, 0.25) is 15.9 Å². The summed E-state index contributed by atoms with van der Waals surface area (Å²) in [6.07, 6.45) is 1.00. The molecule has 0 bridgehead atoms. The normalized spacial score (nSPS) is 12.3. The molecule has 0 fully saturated rings. The van der Waals surface area contributed by atoms with Gasteiger partial charge in [-0.05, 0) is 44.2 Å². The minimum Gasteiger partial charge on any atom is -0.492 e. The summed E-state index contributed by atoms with van der Waals surface area (Å²) in [6, 6.07) is 10.2. The number of amides is 1. The van der Waals surface area contributed by atoms with Crippen molar-refractivity contribution in [2.75, 3.05) is 22.5 Å². The first-order chi connectivity index (χ1) is 12.6. The topological polar surface area (TPSA) is 75.7 Å². The van der Waals surface area contributed by atoms with E-state index in [1.54, 1.807) is 24.3 Å². The van der Waals surface area contributed by atoms with E-state index in [2.05, 4.69) is 5.32 Å². The fourth-order valence-corrected chi connectivity index (χ4v) is 4.13. The highest BCUT2D eigenvalue weighted by Gasteiger charge is 2.31. The number of carbonyl (C=O) groups excluding carboxylic acids is 1. The minimum absolute atomic E-state index is 0.132. The Labute approximate surface area is 169 Å². The van der Waals surface area contributed by atoms with Crippen molar-refractivity contribution in [3.8, 4) is 5.75 Å². The molecular formula is C18H20Cl2N2O4S. The molecule has 2 aromatic rings. The first-order valence-corrected chi connectivity index (χ1v) is 10.7. The van der Waals surface area contributed by atoms with Crippen molar-refractivity contribution in [1.82, 2.24) is 0 Å². The number of nitrogens with zero attached hydrogens (tertiary/aromatic N) is 1. The third kappa shape index (κ3) is 5.28. The van der Waals surface area contributed by atoms with Crippen molar-refractivity contribution in [1.29, 1.82) is 0 Å². The van der Waals surface area contributed by atoms with Gasteiger partial charge in [-0.3, -0.25) is 9.10 Å². The van der Waals surface area contributed by atoms with Gasteiger partial charge >= 0.3 is 0 Å². The molecule has 1 atom stereocenters. The molecule has 0 spiro atoms. The zero-order valence-corrected chi connectivity index (χ0v) is 17.4. The fraction of sp³-hybridized carbons (Fsp3) is 0.278. The van der Waals surface area contributed by atoms with Gasteiger partial charge in [0.15, 0.2) is 0 Å². The van der Waals surface area contributed by atoms with E-state index in [4.69, 9.17) is 27.9 Å². The largest absolute Gasteiger partial charge is 0.492 e. The number of rotatable bonds is 7. The lowest BCUT2D eigenvalue weighted by atomic mass is 10.2. The summed E-state index contributed by atoms with van der Waals surface area (Å²) in [5.41, 5.74) is 0.578. The molecule has 0 saturated carbocycles. The van der Waals surface area contributed by atoms with Gasteiger partial charge in [-0.15, -0.1) is 0 Å². The first kappa shape index (κ1) is 21.3. The van der Waals surface area contributed by atoms with E-state index in [1.807, 2.05) is 6.92 Å². The van der Waals surface area contributed by atoms with E-state index in [0.717, 1.165) is 10.6 Å². The minimum atomic E-state index is -3.82. The highest BCUT2D eigenvalue weighted by molar-refractivity contribution is 7.92. The lowest BCUT2D eigenvalue weighted by molar-refractivity contribution is -0.116. The van der Waals surface area contributed by atoms with Crippen LogP contribution in [0.15, 0.2) is 42.5 Å². The first-order valence-electron chi connectivity index (χ1n) is 8.12. The maximum absolute atomic E-state index is 12.8. The number of hydrogen-bond acceptors (Lipinski definition) is 4. The summed E-state index contributed by atoms with van der Waals surface area (Å²) in [5.74, 6) is -0.0455. The number of hydrogen-bond donors (Lipinski definition) is 1. The molecule has 0 radical (unpaired) electrons. The van der Waals surface area contributed by atoms with Crippen LogP contribution in [0.2, 0.25) is 10.0 Å². The van der Waals surface area contributed by atoms with Crippen molar-refractivity contribution in [3.05, 3.63) is 52.5 Å². The third-order valence-electron chi connectivity index (χ3n) is 3.68. The molecule has 2 rings (SSSR count). The van der Waals surface area contributed by atoms with Gasteiger partial charge in [-0.25, -0.2) is 8.42 Å². The Hall–Kier alpha value is -1.96. The molecule has 27 heavy (non-hydrogen) atoms. The standard InChI is InChI=1S/C18H20Cl2N2O4S/c1-4-26-17-8-6-5-7-15(17)21-18(23)12(2)22(27(3,24)25)16-11-13(19)9-10-14(16)20/h5-12H,4H2,1-3H3,(H,21,23). The van der Waals surface area contributed by atoms with Crippen LogP contribution in [0.3, 0.4) is 0 Å². The Morgan fingerprint density at radius 1 is 1.22 bits per heavy atom. The Kier molecular flexibility index (Phi) is 6.97. The van der Waals surface area contributed by atoms with E-state index in [0.29, 0.717) is 23.1 Å². The molecule has 0 saturated heterocycles. The van der Waals surface area contributed by atoms with E-state index in [9.17, 15) is 13.2 Å². The smallest absolute Gasteiger partial charge is 0.248 e. The molecule has 1 unspecified atom stereocenters. The quantitative estimate of drug-likeness (QED) is 0.714. The van der Waals surface area contributed by atoms with Crippen LogP contribution in [-0.4, -0.2) is 33.2 Å². The molecule has 0 aliphatic heterocycles. The number of ether oxygens (including phenoxy) is 1. The molecule has 9 heteroatoms. The molecule has 6 nitrogen and oxygen atoms in total. The number of para-hydroxylation sites is 2. The van der Waals surface area contributed by atoms with Crippen LogP contribution < -0.4 is 14.4 Å². The van der Waals surface area contributed by atoms with Crippen LogP contribution in [0, 0.1) is 0 Å². The van der Waals surface area contributed by atoms with E-state index in [-0.39, 0.29) is 10.7 Å². The van der Waals surface area contributed by atoms with Gasteiger partial charge in [0.25, 0.3) is 0 Å². The molecule has 0 heterocycles. The molecule has 146 valence electrons. The second-order valence-corrected chi connectivity index (χ2v) is 8.45. The summed E-state index contributed by atoms with van der Waals surface area (Å²) in [5, 5.41) is 3.17. The van der Waals surface area contributed by atoms with Gasteiger partial charge in [0.1, 0.15) is 11.8 Å². The van der Waals surface area contributed by atoms with Gasteiger partial charge in [-0.2, -0.15) is 0 Å². The second-order valence-electron chi connectivity index (χ2n) is 5.75. The van der Waals surface area contributed by atoms with E-state index >= 15 is 0 Å². The Bertz CT molecular complexity index is 935. The average Bonchev–Trinajstić information content (AvgIpc) is 2.58. The summed E-state index contributed by atoms with van der Waals surface area (Å²) >= 11 is 12.1. The number of nitrogens with one attached hydrogen (secondary N) is 1. The Balaban J connectivity index is 2.38. The third-order valence-corrected chi connectivity index (χ3v) is 5.46. The Morgan fingerprint density at radius 2 is 1.89 bits per heavy atom. The monoisotopic (exact) mass is 430 g/mol. The number of carbonyl (C=O) groups is 1. The molecule has 1 amide bonds. The van der Waals surface area contributed by atoms with Gasteiger partial charge < -0.3 is 10.1 Å². The zero-order chi connectivity index (χ0) is 20.2. The lowest BCUT2D eigenvalue weighted by Crippen LogP contribution is -2.45. The van der Waals surface area contributed by atoms with Crippen molar-refractivity contribution in [3.63, 3.8) is 0 Å². The van der Waals surface area contributed by atoms with Crippen LogP contribution in [0.25, 0.3) is 0 Å². The lowest BCUT2D eigenvalue weighted by Gasteiger charge is -2.29. The number of halogens is 2. The Morgan fingerprint density at radius 3 is 2.52 bits per heavy atom. The molecule has 0 aliphatic carbocycles. The van der Waals surface area contributed by atoms with Crippen LogP contribution in [0.5, 0.6) is 5.75 Å². The van der Waals surface area contributed by atoms with Crippen LogP contribution >= 0.6 is 23.2 Å². The fourth-order valence-electron chi connectivity index (χ4n) is 2.52. The second kappa shape index (κ2) is 8.82. The predicted octanol–water partition coefficient (Wildman–Crippen LogP) is 4.19. The molecule has 0 aromatic heterocycles. The molecule has 1 N–H and O–H groups in total. The van der Waals surface area contributed by atoms with Crippen LogP contribution in [-0.2, 0) is 14.8 Å². The summed E-state index contributed by atoms with van der Waals surface area (Å²) in [6.45, 7) is 3.72. The van der Waals surface area contributed by atoms with Crippen molar-refractivity contribution < 1.29 is 17.9 Å². The number of benzene rings is 2. The van der Waals surface area contributed by atoms with Gasteiger partial charge in [0, 0.05) is 5.02 Å². The van der Waals surface area contributed by atoms with Crippen molar-refractivity contribution in [2.45, 2.75) is 19.9 Å². The predicted molar refractivity (Wildman–Crippen MR) is 109 cm³/mol.